The topological polar surface area (TPSA) is 50.1 Å². The predicted molar refractivity (Wildman–Crippen MR) is 51.8 cm³/mol. The molecule has 1 rings (SSSR count). The fourth-order valence-corrected chi connectivity index (χ4v) is 1.16. The number of benzene rings is 1. The summed E-state index contributed by atoms with van der Waals surface area (Å²) in [5, 5.41) is 9.33. The van der Waals surface area contributed by atoms with E-state index in [2.05, 4.69) is 4.74 Å². The quantitative estimate of drug-likeness (QED) is 0.701. The van der Waals surface area contributed by atoms with E-state index in [1.54, 1.807) is 24.3 Å². The molecule has 1 aromatic carbocycles. The first-order valence-corrected chi connectivity index (χ1v) is 4.29. The summed E-state index contributed by atoms with van der Waals surface area (Å²) in [6.45, 7) is 0. The smallest absolute Gasteiger partial charge is 0.327 e. The number of carbonyl (C=O) groups is 1. The van der Waals surface area contributed by atoms with Crippen LogP contribution in [0.2, 0.25) is 5.02 Å². The largest absolute Gasteiger partial charge is 0.468 e. The average Bonchev–Trinajstić information content (AvgIpc) is 2.21. The van der Waals surface area contributed by atoms with Crippen molar-refractivity contribution < 1.29 is 9.53 Å². The van der Waals surface area contributed by atoms with Gasteiger partial charge in [0.25, 0.3) is 0 Å². The molecule has 0 fully saturated rings. The van der Waals surface area contributed by atoms with Gasteiger partial charge in [-0.3, -0.25) is 4.79 Å². The van der Waals surface area contributed by atoms with Crippen LogP contribution in [0.5, 0.6) is 0 Å². The van der Waals surface area contributed by atoms with Crippen LogP contribution in [-0.2, 0) is 9.53 Å². The monoisotopic (exact) mass is 209 g/mol. The Morgan fingerprint density at radius 3 is 2.50 bits per heavy atom. The van der Waals surface area contributed by atoms with Crippen LogP contribution in [0.4, 0.5) is 0 Å². The van der Waals surface area contributed by atoms with Crippen molar-refractivity contribution in [2.45, 2.75) is 5.92 Å². The molecule has 1 unspecified atom stereocenters. The van der Waals surface area contributed by atoms with Crippen molar-refractivity contribution in [3.8, 4) is 6.07 Å². The van der Waals surface area contributed by atoms with Crippen molar-refractivity contribution in [3.05, 3.63) is 34.9 Å². The molecule has 0 N–H and O–H groups in total. The molecule has 0 aliphatic rings. The third kappa shape index (κ3) is 2.24. The van der Waals surface area contributed by atoms with Gasteiger partial charge >= 0.3 is 5.97 Å². The zero-order chi connectivity index (χ0) is 10.6. The molecule has 0 spiro atoms. The van der Waals surface area contributed by atoms with Gasteiger partial charge < -0.3 is 4.74 Å². The minimum Gasteiger partial charge on any atom is -0.468 e. The van der Waals surface area contributed by atoms with Crippen molar-refractivity contribution in [1.82, 2.24) is 0 Å². The van der Waals surface area contributed by atoms with Crippen LogP contribution in [0.25, 0.3) is 0 Å². The molecule has 1 atom stereocenters. The lowest BCUT2D eigenvalue weighted by atomic mass is 10.0. The molecule has 1 aromatic rings. The van der Waals surface area contributed by atoms with Crippen LogP contribution in [-0.4, -0.2) is 13.1 Å². The van der Waals surface area contributed by atoms with Gasteiger partial charge in [0, 0.05) is 5.02 Å². The van der Waals surface area contributed by atoms with Crippen LogP contribution < -0.4 is 0 Å². The molecule has 0 bridgehead atoms. The van der Waals surface area contributed by atoms with Gasteiger partial charge in [-0.25, -0.2) is 0 Å². The van der Waals surface area contributed by atoms with Crippen LogP contribution >= 0.6 is 11.6 Å². The molecular weight excluding hydrogens is 202 g/mol. The average molecular weight is 210 g/mol. The Labute approximate surface area is 86.9 Å². The number of ether oxygens (including phenoxy) is 1. The van der Waals surface area contributed by atoms with E-state index in [1.807, 2.05) is 6.07 Å². The number of esters is 1. The molecular formula is C10H8ClNO2. The molecule has 0 aromatic heterocycles. The van der Waals surface area contributed by atoms with E-state index >= 15 is 0 Å². The van der Waals surface area contributed by atoms with Gasteiger partial charge in [-0.1, -0.05) is 23.7 Å². The predicted octanol–water partition coefficient (Wildman–Crippen LogP) is 2.12. The van der Waals surface area contributed by atoms with Crippen LogP contribution in [0, 0.1) is 11.3 Å². The lowest BCUT2D eigenvalue weighted by molar-refractivity contribution is -0.140. The zero-order valence-electron chi connectivity index (χ0n) is 7.53. The van der Waals surface area contributed by atoms with Gasteiger partial charge in [0.2, 0.25) is 0 Å². The van der Waals surface area contributed by atoms with Gasteiger partial charge in [-0.05, 0) is 17.7 Å². The first-order valence-electron chi connectivity index (χ1n) is 3.92. The molecule has 0 radical (unpaired) electrons. The molecule has 0 aliphatic heterocycles. The highest BCUT2D eigenvalue weighted by molar-refractivity contribution is 6.30. The minimum atomic E-state index is -0.878. The van der Waals surface area contributed by atoms with Gasteiger partial charge in [-0.15, -0.1) is 0 Å². The number of hydrogen-bond donors (Lipinski definition) is 0. The summed E-state index contributed by atoms with van der Waals surface area (Å²) in [5.74, 6) is -1.44. The SMILES string of the molecule is COC(=O)C(C#N)c1ccc(Cl)cc1. The Hall–Kier alpha value is -1.53. The summed E-state index contributed by atoms with van der Waals surface area (Å²) in [7, 11) is 1.25. The maximum absolute atomic E-state index is 11.2. The Kier molecular flexibility index (Phi) is 3.49. The van der Waals surface area contributed by atoms with Gasteiger partial charge in [0.15, 0.2) is 5.92 Å². The third-order valence-electron chi connectivity index (χ3n) is 1.77. The summed E-state index contributed by atoms with van der Waals surface area (Å²) in [5.41, 5.74) is 0.587. The second-order valence-corrected chi connectivity index (χ2v) is 3.07. The number of halogens is 1. The number of nitrogens with zero attached hydrogens (tertiary/aromatic N) is 1. The Morgan fingerprint density at radius 2 is 2.07 bits per heavy atom. The van der Waals surface area contributed by atoms with E-state index in [4.69, 9.17) is 16.9 Å². The highest BCUT2D eigenvalue weighted by Gasteiger charge is 2.20. The fraction of sp³-hybridized carbons (Fsp3) is 0.200. The van der Waals surface area contributed by atoms with Crippen molar-refractivity contribution in [2.24, 2.45) is 0 Å². The standard InChI is InChI=1S/C10H8ClNO2/c1-14-10(13)9(6-12)7-2-4-8(11)5-3-7/h2-5,9H,1H3. The molecule has 14 heavy (non-hydrogen) atoms. The van der Waals surface area contributed by atoms with E-state index in [-0.39, 0.29) is 0 Å². The van der Waals surface area contributed by atoms with Gasteiger partial charge in [0.05, 0.1) is 13.2 Å². The Morgan fingerprint density at radius 1 is 1.50 bits per heavy atom. The fourth-order valence-electron chi connectivity index (χ4n) is 1.04. The summed E-state index contributed by atoms with van der Waals surface area (Å²) in [4.78, 5) is 11.2. The third-order valence-corrected chi connectivity index (χ3v) is 2.02. The first kappa shape index (κ1) is 10.6. The normalized spacial score (nSPS) is 11.5. The summed E-state index contributed by atoms with van der Waals surface area (Å²) < 4.78 is 4.49. The molecule has 0 amide bonds. The van der Waals surface area contributed by atoms with E-state index < -0.39 is 11.9 Å². The molecule has 0 saturated carbocycles. The number of nitriles is 1. The lowest BCUT2D eigenvalue weighted by Crippen LogP contribution is -2.12. The van der Waals surface area contributed by atoms with Crippen molar-refractivity contribution in [3.63, 3.8) is 0 Å². The molecule has 72 valence electrons. The highest BCUT2D eigenvalue weighted by Crippen LogP contribution is 2.18. The maximum atomic E-state index is 11.2. The van der Waals surface area contributed by atoms with Crippen molar-refractivity contribution in [1.29, 1.82) is 5.26 Å². The summed E-state index contributed by atoms with van der Waals surface area (Å²) in [6.07, 6.45) is 0. The van der Waals surface area contributed by atoms with Crippen molar-refractivity contribution in [2.75, 3.05) is 7.11 Å². The zero-order valence-corrected chi connectivity index (χ0v) is 8.28. The van der Waals surface area contributed by atoms with Crippen LogP contribution in [0.1, 0.15) is 11.5 Å². The number of methoxy groups -OCH3 is 1. The second kappa shape index (κ2) is 4.64. The Bertz CT molecular complexity index is 367. The number of carbonyl (C=O) groups excluding carboxylic acids is 1. The van der Waals surface area contributed by atoms with Crippen molar-refractivity contribution >= 4 is 17.6 Å². The molecule has 0 saturated heterocycles. The van der Waals surface area contributed by atoms with Crippen LogP contribution in [0.3, 0.4) is 0 Å². The van der Waals surface area contributed by atoms with Gasteiger partial charge in [0.1, 0.15) is 0 Å². The highest BCUT2D eigenvalue weighted by atomic mass is 35.5. The minimum absolute atomic E-state index is 0.560. The Balaban J connectivity index is 2.97. The molecule has 0 aliphatic carbocycles. The summed E-state index contributed by atoms with van der Waals surface area (Å²) >= 11 is 5.67. The van der Waals surface area contributed by atoms with E-state index in [0.717, 1.165) is 0 Å². The number of rotatable bonds is 2. The molecule has 0 heterocycles. The summed E-state index contributed by atoms with van der Waals surface area (Å²) in [6, 6.07) is 8.39. The maximum Gasteiger partial charge on any atom is 0.327 e. The molecule has 4 heteroatoms. The van der Waals surface area contributed by atoms with Crippen LogP contribution in [0.15, 0.2) is 24.3 Å². The van der Waals surface area contributed by atoms with Gasteiger partial charge in [-0.2, -0.15) is 5.26 Å². The van der Waals surface area contributed by atoms with E-state index in [1.165, 1.54) is 7.11 Å². The van der Waals surface area contributed by atoms with E-state index in [9.17, 15) is 4.79 Å². The first-order chi connectivity index (χ1) is 6.69. The second-order valence-electron chi connectivity index (χ2n) is 2.64. The number of hydrogen-bond acceptors (Lipinski definition) is 3. The molecule has 3 nitrogen and oxygen atoms in total. The lowest BCUT2D eigenvalue weighted by Gasteiger charge is -2.06. The van der Waals surface area contributed by atoms with E-state index in [0.29, 0.717) is 10.6 Å².